The molecule has 5 heteroatoms. The van der Waals surface area contributed by atoms with Crippen molar-refractivity contribution < 1.29 is 23.7 Å². The lowest BCUT2D eigenvalue weighted by molar-refractivity contribution is -0.222. The summed E-state index contributed by atoms with van der Waals surface area (Å²) in [7, 11) is 0. The molecule has 1 aromatic carbocycles. The van der Waals surface area contributed by atoms with Gasteiger partial charge in [0, 0.05) is 5.56 Å². The Hall–Kier alpha value is -1.14. The predicted molar refractivity (Wildman–Crippen MR) is 69.2 cm³/mol. The van der Waals surface area contributed by atoms with Gasteiger partial charge in [-0.2, -0.15) is 0 Å². The topological polar surface area (TPSA) is 46.2 Å². The third-order valence-corrected chi connectivity index (χ3v) is 3.89. The Morgan fingerprint density at radius 1 is 1.10 bits per heavy atom. The third kappa shape index (κ3) is 2.02. The summed E-state index contributed by atoms with van der Waals surface area (Å²) in [5.41, 5.74) is 1.05. The first-order valence-electron chi connectivity index (χ1n) is 6.96. The molecule has 3 aliphatic rings. The van der Waals surface area contributed by atoms with E-state index in [0.29, 0.717) is 13.2 Å². The molecule has 0 radical (unpaired) electrons. The highest BCUT2D eigenvalue weighted by Crippen LogP contribution is 2.40. The molecule has 4 rings (SSSR count). The predicted octanol–water partition coefficient (Wildman–Crippen LogP) is 1.84. The van der Waals surface area contributed by atoms with E-state index >= 15 is 0 Å². The summed E-state index contributed by atoms with van der Waals surface area (Å²) in [6, 6.07) is 7.90. The van der Waals surface area contributed by atoms with E-state index in [1.807, 2.05) is 38.1 Å². The van der Waals surface area contributed by atoms with Crippen LogP contribution < -0.4 is 4.74 Å². The van der Waals surface area contributed by atoms with Crippen LogP contribution in [0.1, 0.15) is 19.4 Å². The van der Waals surface area contributed by atoms with Gasteiger partial charge in [-0.25, -0.2) is 0 Å². The molecule has 20 heavy (non-hydrogen) atoms. The zero-order valence-electron chi connectivity index (χ0n) is 11.6. The highest BCUT2D eigenvalue weighted by atomic mass is 16.8. The summed E-state index contributed by atoms with van der Waals surface area (Å²) in [6.07, 6.45) is -0.877. The maximum absolute atomic E-state index is 6.03. The number of hydrogen-bond acceptors (Lipinski definition) is 5. The van der Waals surface area contributed by atoms with Crippen molar-refractivity contribution in [3.8, 4) is 5.75 Å². The molecule has 0 aromatic heterocycles. The Labute approximate surface area is 117 Å². The highest BCUT2D eigenvalue weighted by molar-refractivity contribution is 5.33. The van der Waals surface area contributed by atoms with E-state index in [0.717, 1.165) is 11.3 Å². The maximum Gasteiger partial charge on any atom is 0.190 e. The first kappa shape index (κ1) is 12.6. The van der Waals surface area contributed by atoms with Gasteiger partial charge >= 0.3 is 0 Å². The van der Waals surface area contributed by atoms with Gasteiger partial charge in [0.05, 0.1) is 6.61 Å². The molecule has 1 aromatic rings. The third-order valence-electron chi connectivity index (χ3n) is 3.89. The summed E-state index contributed by atoms with van der Waals surface area (Å²) in [5.74, 6) is 0.235. The summed E-state index contributed by atoms with van der Waals surface area (Å²) >= 11 is 0. The Bertz CT molecular complexity index is 515. The van der Waals surface area contributed by atoms with Crippen LogP contribution in [-0.2, 0) is 25.6 Å². The SMILES string of the molecule is CC1(C)O[C@H]2O[C@@H]3COc4ccccc4CO[C@H]3[C@H]2O1. The minimum Gasteiger partial charge on any atom is -0.490 e. The van der Waals surface area contributed by atoms with Gasteiger partial charge in [-0.3, -0.25) is 0 Å². The van der Waals surface area contributed by atoms with Crippen LogP contribution in [0.2, 0.25) is 0 Å². The summed E-state index contributed by atoms with van der Waals surface area (Å²) in [6.45, 7) is 4.71. The van der Waals surface area contributed by atoms with Gasteiger partial charge in [0.25, 0.3) is 0 Å². The quantitative estimate of drug-likeness (QED) is 0.724. The number of para-hydroxylation sites is 1. The first-order chi connectivity index (χ1) is 9.62. The van der Waals surface area contributed by atoms with Gasteiger partial charge in [0.15, 0.2) is 12.1 Å². The molecule has 108 valence electrons. The summed E-state index contributed by atoms with van der Waals surface area (Å²) in [5, 5.41) is 0. The van der Waals surface area contributed by atoms with Crippen LogP contribution >= 0.6 is 0 Å². The molecule has 3 heterocycles. The second kappa shape index (κ2) is 4.43. The molecule has 0 aliphatic carbocycles. The molecule has 4 atom stereocenters. The second-order valence-electron chi connectivity index (χ2n) is 5.84. The first-order valence-corrected chi connectivity index (χ1v) is 6.96. The van der Waals surface area contributed by atoms with Crippen LogP contribution in [0.15, 0.2) is 24.3 Å². The van der Waals surface area contributed by atoms with E-state index in [2.05, 4.69) is 0 Å². The Morgan fingerprint density at radius 2 is 1.95 bits per heavy atom. The fraction of sp³-hybridized carbons (Fsp3) is 0.600. The molecule has 0 saturated carbocycles. The molecule has 3 aliphatic heterocycles. The van der Waals surface area contributed by atoms with Crippen molar-refractivity contribution in [3.05, 3.63) is 29.8 Å². The fourth-order valence-electron chi connectivity index (χ4n) is 3.00. The molecule has 0 spiro atoms. The van der Waals surface area contributed by atoms with Crippen LogP contribution in [0.3, 0.4) is 0 Å². The molecule has 2 fully saturated rings. The average Bonchev–Trinajstić information content (AvgIpc) is 2.83. The second-order valence-corrected chi connectivity index (χ2v) is 5.84. The Kier molecular flexibility index (Phi) is 2.79. The average molecular weight is 278 g/mol. The lowest BCUT2D eigenvalue weighted by atomic mass is 10.1. The van der Waals surface area contributed by atoms with Gasteiger partial charge in [-0.05, 0) is 19.9 Å². The normalized spacial score (nSPS) is 38.1. The van der Waals surface area contributed by atoms with Crippen LogP contribution in [0.5, 0.6) is 5.75 Å². The number of rotatable bonds is 0. The van der Waals surface area contributed by atoms with Gasteiger partial charge in [0.1, 0.15) is 30.7 Å². The van der Waals surface area contributed by atoms with Crippen molar-refractivity contribution >= 4 is 0 Å². The highest BCUT2D eigenvalue weighted by Gasteiger charge is 2.55. The van der Waals surface area contributed by atoms with Crippen molar-refractivity contribution in [2.45, 2.75) is 50.8 Å². The van der Waals surface area contributed by atoms with Gasteiger partial charge in [-0.15, -0.1) is 0 Å². The van der Waals surface area contributed by atoms with E-state index in [9.17, 15) is 0 Å². The number of benzene rings is 1. The van der Waals surface area contributed by atoms with E-state index in [1.54, 1.807) is 0 Å². The fourth-order valence-corrected chi connectivity index (χ4v) is 3.00. The van der Waals surface area contributed by atoms with Crippen molar-refractivity contribution in [2.24, 2.45) is 0 Å². The van der Waals surface area contributed by atoms with Gasteiger partial charge in [0.2, 0.25) is 0 Å². The smallest absolute Gasteiger partial charge is 0.190 e. The largest absolute Gasteiger partial charge is 0.490 e. The van der Waals surface area contributed by atoms with Crippen molar-refractivity contribution in [1.29, 1.82) is 0 Å². The monoisotopic (exact) mass is 278 g/mol. The molecular formula is C15H18O5. The van der Waals surface area contributed by atoms with Crippen molar-refractivity contribution in [1.82, 2.24) is 0 Å². The Morgan fingerprint density at radius 3 is 2.85 bits per heavy atom. The van der Waals surface area contributed by atoms with Crippen LogP contribution in [-0.4, -0.2) is 37.0 Å². The number of fused-ring (bicyclic) bond motifs is 4. The van der Waals surface area contributed by atoms with E-state index < -0.39 is 5.79 Å². The zero-order chi connectivity index (χ0) is 13.7. The molecule has 0 amide bonds. The minimum absolute atomic E-state index is 0.157. The molecule has 0 bridgehead atoms. The molecule has 0 N–H and O–H groups in total. The zero-order valence-corrected chi connectivity index (χ0v) is 11.6. The standard InChI is InChI=1S/C15H18O5/c1-15(2)19-13-12-11(18-14(13)20-15)8-16-10-6-4-3-5-9(10)7-17-12/h3-6,11-14H,7-8H2,1-2H3/t11-,12-,13-,14-/m1/s1. The number of ether oxygens (including phenoxy) is 5. The molecular weight excluding hydrogens is 260 g/mol. The van der Waals surface area contributed by atoms with Crippen LogP contribution in [0.25, 0.3) is 0 Å². The maximum atomic E-state index is 6.03. The summed E-state index contributed by atoms with van der Waals surface area (Å²) in [4.78, 5) is 0. The van der Waals surface area contributed by atoms with Crippen LogP contribution in [0.4, 0.5) is 0 Å². The lowest BCUT2D eigenvalue weighted by Crippen LogP contribution is -2.40. The number of hydrogen-bond donors (Lipinski definition) is 0. The van der Waals surface area contributed by atoms with Crippen molar-refractivity contribution in [2.75, 3.05) is 6.61 Å². The van der Waals surface area contributed by atoms with Crippen molar-refractivity contribution in [3.63, 3.8) is 0 Å². The Balaban J connectivity index is 1.57. The van der Waals surface area contributed by atoms with Gasteiger partial charge < -0.3 is 23.7 Å². The molecule has 0 unspecified atom stereocenters. The van der Waals surface area contributed by atoms with E-state index in [1.165, 1.54) is 0 Å². The van der Waals surface area contributed by atoms with Gasteiger partial charge in [-0.1, -0.05) is 18.2 Å². The lowest BCUT2D eigenvalue weighted by Gasteiger charge is -2.28. The molecule has 2 saturated heterocycles. The summed E-state index contributed by atoms with van der Waals surface area (Å²) < 4.78 is 29.4. The minimum atomic E-state index is -0.620. The van der Waals surface area contributed by atoms with Crippen LogP contribution in [0, 0.1) is 0 Å². The molecule has 5 nitrogen and oxygen atoms in total. The van der Waals surface area contributed by atoms with E-state index in [-0.39, 0.29) is 24.6 Å². The van der Waals surface area contributed by atoms with E-state index in [4.69, 9.17) is 23.7 Å².